The Morgan fingerprint density at radius 2 is 2.21 bits per heavy atom. The minimum absolute atomic E-state index is 0.250. The summed E-state index contributed by atoms with van der Waals surface area (Å²) in [6.07, 6.45) is -0.265. The zero-order valence-corrected chi connectivity index (χ0v) is 11.8. The van der Waals surface area contributed by atoms with Crippen molar-refractivity contribution in [3.63, 3.8) is 0 Å². The summed E-state index contributed by atoms with van der Waals surface area (Å²) in [6, 6.07) is 0.250. The first-order valence-electron chi connectivity index (χ1n) is 6.34. The average molecular weight is 268 g/mol. The van der Waals surface area contributed by atoms with Gasteiger partial charge in [-0.2, -0.15) is 4.98 Å². The van der Waals surface area contributed by atoms with Crippen molar-refractivity contribution in [3.05, 3.63) is 11.7 Å². The molecule has 2 heterocycles. The molecule has 2 rings (SSSR count). The van der Waals surface area contributed by atoms with Gasteiger partial charge in [0.25, 0.3) is 0 Å². The number of aromatic nitrogens is 2. The molecule has 0 aliphatic carbocycles. The third kappa shape index (κ3) is 3.92. The Labute approximate surface area is 112 Å². The van der Waals surface area contributed by atoms with Crippen LogP contribution >= 0.6 is 0 Å². The molecule has 0 saturated carbocycles. The highest BCUT2D eigenvalue weighted by atomic mass is 16.6. The topological polar surface area (TPSA) is 80.5 Å². The fourth-order valence-corrected chi connectivity index (χ4v) is 1.73. The smallest absolute Gasteiger partial charge is 0.410 e. The molecule has 1 N–H and O–H groups in total. The Morgan fingerprint density at radius 1 is 1.53 bits per heavy atom. The van der Waals surface area contributed by atoms with E-state index in [-0.39, 0.29) is 12.1 Å². The van der Waals surface area contributed by atoms with Gasteiger partial charge < -0.3 is 19.5 Å². The van der Waals surface area contributed by atoms with E-state index in [0.29, 0.717) is 31.3 Å². The fourth-order valence-electron chi connectivity index (χ4n) is 1.73. The fraction of sp³-hybridized carbons (Fsp3) is 0.750. The van der Waals surface area contributed by atoms with Gasteiger partial charge in [0.2, 0.25) is 5.89 Å². The van der Waals surface area contributed by atoms with Crippen molar-refractivity contribution < 1.29 is 14.1 Å². The van der Waals surface area contributed by atoms with E-state index < -0.39 is 5.60 Å². The SMILES string of the molecule is Cc1noc(CNC2CN(C(=O)OC(C)(C)C)C2)n1. The number of nitrogens with zero attached hydrogens (tertiary/aromatic N) is 3. The Balaban J connectivity index is 1.67. The molecule has 106 valence electrons. The molecule has 0 atom stereocenters. The van der Waals surface area contributed by atoms with Crippen LogP contribution in [-0.4, -0.2) is 45.9 Å². The summed E-state index contributed by atoms with van der Waals surface area (Å²) in [5, 5.41) is 6.96. The molecule has 1 aliphatic heterocycles. The maximum Gasteiger partial charge on any atom is 0.410 e. The number of carbonyl (C=O) groups excluding carboxylic acids is 1. The second-order valence-electron chi connectivity index (χ2n) is 5.70. The zero-order chi connectivity index (χ0) is 14.0. The third-order valence-electron chi connectivity index (χ3n) is 2.64. The molecule has 0 aromatic carbocycles. The number of likely N-dealkylation sites (tertiary alicyclic amines) is 1. The van der Waals surface area contributed by atoms with E-state index in [1.165, 1.54) is 0 Å². The van der Waals surface area contributed by atoms with Gasteiger partial charge in [0.1, 0.15) is 5.60 Å². The molecule has 1 aliphatic rings. The highest BCUT2D eigenvalue weighted by Crippen LogP contribution is 2.15. The molecule has 1 amide bonds. The van der Waals surface area contributed by atoms with Crippen molar-refractivity contribution >= 4 is 6.09 Å². The Bertz CT molecular complexity index is 446. The maximum absolute atomic E-state index is 11.7. The molecule has 0 bridgehead atoms. The van der Waals surface area contributed by atoms with Crippen molar-refractivity contribution in [2.24, 2.45) is 0 Å². The van der Waals surface area contributed by atoms with Crippen LogP contribution in [0.5, 0.6) is 0 Å². The van der Waals surface area contributed by atoms with Crippen molar-refractivity contribution in [3.8, 4) is 0 Å². The van der Waals surface area contributed by atoms with E-state index in [4.69, 9.17) is 9.26 Å². The van der Waals surface area contributed by atoms with Gasteiger partial charge in [0, 0.05) is 19.1 Å². The molecular weight excluding hydrogens is 248 g/mol. The predicted molar refractivity (Wildman–Crippen MR) is 67.5 cm³/mol. The molecule has 0 unspecified atom stereocenters. The normalized spacial score (nSPS) is 16.3. The van der Waals surface area contributed by atoms with Gasteiger partial charge in [-0.15, -0.1) is 0 Å². The van der Waals surface area contributed by atoms with Crippen molar-refractivity contribution in [2.75, 3.05) is 13.1 Å². The van der Waals surface area contributed by atoms with E-state index in [0.717, 1.165) is 0 Å². The van der Waals surface area contributed by atoms with Crippen LogP contribution < -0.4 is 5.32 Å². The molecule has 7 nitrogen and oxygen atoms in total. The number of rotatable bonds is 3. The van der Waals surface area contributed by atoms with Crippen molar-refractivity contribution in [1.82, 2.24) is 20.4 Å². The summed E-state index contributed by atoms with van der Waals surface area (Å²) >= 11 is 0. The standard InChI is InChI=1S/C12H20N4O3/c1-8-14-10(19-15-8)5-13-9-6-16(7-9)11(17)18-12(2,3)4/h9,13H,5-7H2,1-4H3. The van der Waals surface area contributed by atoms with Crippen LogP contribution in [0.25, 0.3) is 0 Å². The number of hydrogen-bond acceptors (Lipinski definition) is 6. The highest BCUT2D eigenvalue weighted by Gasteiger charge is 2.33. The van der Waals surface area contributed by atoms with Crippen LogP contribution in [0.4, 0.5) is 4.79 Å². The molecule has 0 radical (unpaired) electrons. The van der Waals surface area contributed by atoms with Crippen LogP contribution in [0.15, 0.2) is 4.52 Å². The van der Waals surface area contributed by atoms with Gasteiger partial charge in [-0.1, -0.05) is 5.16 Å². The molecule has 1 aromatic heterocycles. The van der Waals surface area contributed by atoms with Crippen molar-refractivity contribution in [2.45, 2.75) is 45.9 Å². The lowest BCUT2D eigenvalue weighted by Gasteiger charge is -2.39. The molecular formula is C12H20N4O3. The van der Waals surface area contributed by atoms with E-state index >= 15 is 0 Å². The van der Waals surface area contributed by atoms with Crippen LogP contribution in [0, 0.1) is 6.92 Å². The van der Waals surface area contributed by atoms with Crippen LogP contribution in [0.1, 0.15) is 32.5 Å². The summed E-state index contributed by atoms with van der Waals surface area (Å²) in [7, 11) is 0. The number of hydrogen-bond donors (Lipinski definition) is 1. The Kier molecular flexibility index (Phi) is 3.75. The summed E-state index contributed by atoms with van der Waals surface area (Å²) in [5.74, 6) is 1.19. The first-order valence-corrected chi connectivity index (χ1v) is 6.34. The van der Waals surface area contributed by atoms with E-state index in [1.54, 1.807) is 11.8 Å². The molecule has 7 heteroatoms. The van der Waals surface area contributed by atoms with Gasteiger partial charge in [-0.25, -0.2) is 4.79 Å². The lowest BCUT2D eigenvalue weighted by atomic mass is 10.1. The monoisotopic (exact) mass is 268 g/mol. The quantitative estimate of drug-likeness (QED) is 0.883. The van der Waals surface area contributed by atoms with Gasteiger partial charge >= 0.3 is 6.09 Å². The lowest BCUT2D eigenvalue weighted by Crippen LogP contribution is -2.60. The summed E-state index contributed by atoms with van der Waals surface area (Å²) in [6.45, 7) is 9.16. The molecule has 1 aromatic rings. The van der Waals surface area contributed by atoms with Gasteiger partial charge in [-0.3, -0.25) is 0 Å². The summed E-state index contributed by atoms with van der Waals surface area (Å²) < 4.78 is 10.3. The number of aryl methyl sites for hydroxylation is 1. The largest absolute Gasteiger partial charge is 0.444 e. The Morgan fingerprint density at radius 3 is 2.74 bits per heavy atom. The first-order chi connectivity index (χ1) is 8.83. The zero-order valence-electron chi connectivity index (χ0n) is 11.8. The van der Waals surface area contributed by atoms with Crippen LogP contribution in [0.3, 0.4) is 0 Å². The van der Waals surface area contributed by atoms with Crippen LogP contribution in [0.2, 0.25) is 0 Å². The lowest BCUT2D eigenvalue weighted by molar-refractivity contribution is 0.00497. The third-order valence-corrected chi connectivity index (χ3v) is 2.64. The van der Waals surface area contributed by atoms with E-state index in [2.05, 4.69) is 15.5 Å². The average Bonchev–Trinajstić information content (AvgIpc) is 2.59. The van der Waals surface area contributed by atoms with E-state index in [9.17, 15) is 4.79 Å². The second kappa shape index (κ2) is 5.16. The summed E-state index contributed by atoms with van der Waals surface area (Å²) in [4.78, 5) is 17.5. The van der Waals surface area contributed by atoms with Crippen LogP contribution in [-0.2, 0) is 11.3 Å². The van der Waals surface area contributed by atoms with Gasteiger partial charge in [0.05, 0.1) is 6.54 Å². The highest BCUT2D eigenvalue weighted by molar-refractivity contribution is 5.69. The molecule has 1 saturated heterocycles. The van der Waals surface area contributed by atoms with E-state index in [1.807, 2.05) is 20.8 Å². The number of nitrogens with one attached hydrogen (secondary N) is 1. The first kappa shape index (κ1) is 13.8. The van der Waals surface area contributed by atoms with Crippen molar-refractivity contribution in [1.29, 1.82) is 0 Å². The number of carbonyl (C=O) groups is 1. The number of amides is 1. The minimum atomic E-state index is -0.448. The van der Waals surface area contributed by atoms with Gasteiger partial charge in [-0.05, 0) is 27.7 Å². The second-order valence-corrected chi connectivity index (χ2v) is 5.70. The van der Waals surface area contributed by atoms with Gasteiger partial charge in [0.15, 0.2) is 5.82 Å². The maximum atomic E-state index is 11.7. The predicted octanol–water partition coefficient (Wildman–Crippen LogP) is 1.09. The summed E-state index contributed by atoms with van der Waals surface area (Å²) in [5.41, 5.74) is -0.448. The number of ether oxygens (including phenoxy) is 1. The Hall–Kier alpha value is -1.63. The molecule has 1 fully saturated rings. The molecule has 19 heavy (non-hydrogen) atoms. The molecule has 0 spiro atoms. The minimum Gasteiger partial charge on any atom is -0.444 e.